The fraction of sp³-hybridized carbons (Fsp3) is 0.250. The number of benzene rings is 1. The first-order valence-corrected chi connectivity index (χ1v) is 9.50. The highest BCUT2D eigenvalue weighted by Gasteiger charge is 2.07. The standard InChI is InChI=1S/C20H21N3O3S/c1-14-5-6-15(2)17(12-14)26-13-19(24)21-9-10-23-20(25)8-7-16(22-23)18-4-3-11-27-18/h3-8,11-12H,9-10,13H2,1-2H3,(H,21,24). The number of carbonyl (C=O) groups excluding carboxylic acids is 1. The number of rotatable bonds is 7. The van der Waals surface area contributed by atoms with E-state index in [1.165, 1.54) is 10.7 Å². The molecular weight excluding hydrogens is 362 g/mol. The highest BCUT2D eigenvalue weighted by Crippen LogP contribution is 2.21. The molecule has 2 aromatic heterocycles. The zero-order valence-electron chi connectivity index (χ0n) is 15.3. The van der Waals surface area contributed by atoms with E-state index in [0.29, 0.717) is 18.8 Å². The van der Waals surface area contributed by atoms with Crippen molar-refractivity contribution in [3.05, 3.63) is 69.3 Å². The van der Waals surface area contributed by atoms with Crippen molar-refractivity contribution in [1.29, 1.82) is 0 Å². The Bertz CT molecular complexity index is 980. The maximum atomic E-state index is 12.0. The Hall–Kier alpha value is -2.93. The fourth-order valence-electron chi connectivity index (χ4n) is 2.52. The summed E-state index contributed by atoms with van der Waals surface area (Å²) in [5, 5.41) is 9.08. The minimum Gasteiger partial charge on any atom is -0.483 e. The Morgan fingerprint density at radius 1 is 1.22 bits per heavy atom. The SMILES string of the molecule is Cc1ccc(C)c(OCC(=O)NCCn2nc(-c3cccs3)ccc2=O)c1. The molecule has 0 aliphatic heterocycles. The number of nitrogens with zero attached hydrogens (tertiary/aromatic N) is 2. The highest BCUT2D eigenvalue weighted by atomic mass is 32.1. The Morgan fingerprint density at radius 3 is 2.85 bits per heavy atom. The van der Waals surface area contributed by atoms with Crippen molar-refractivity contribution >= 4 is 17.2 Å². The van der Waals surface area contributed by atoms with Gasteiger partial charge < -0.3 is 10.1 Å². The van der Waals surface area contributed by atoms with Gasteiger partial charge in [0.25, 0.3) is 11.5 Å². The van der Waals surface area contributed by atoms with Gasteiger partial charge in [-0.15, -0.1) is 11.3 Å². The molecule has 0 aliphatic carbocycles. The molecule has 0 atom stereocenters. The summed E-state index contributed by atoms with van der Waals surface area (Å²) in [6, 6.07) is 13.0. The van der Waals surface area contributed by atoms with Gasteiger partial charge in [-0.1, -0.05) is 18.2 Å². The summed E-state index contributed by atoms with van der Waals surface area (Å²) >= 11 is 1.56. The summed E-state index contributed by atoms with van der Waals surface area (Å²) < 4.78 is 6.94. The lowest BCUT2D eigenvalue weighted by Gasteiger charge is -2.11. The molecule has 3 aromatic rings. The number of hydrogen-bond donors (Lipinski definition) is 1. The fourth-order valence-corrected chi connectivity index (χ4v) is 3.21. The molecule has 0 aliphatic rings. The highest BCUT2D eigenvalue weighted by molar-refractivity contribution is 7.13. The zero-order chi connectivity index (χ0) is 19.2. The molecule has 0 unspecified atom stereocenters. The van der Waals surface area contributed by atoms with Gasteiger partial charge in [0, 0.05) is 12.6 Å². The first-order chi connectivity index (χ1) is 13.0. The molecule has 7 heteroatoms. The molecule has 0 fully saturated rings. The van der Waals surface area contributed by atoms with Crippen LogP contribution in [0.2, 0.25) is 0 Å². The van der Waals surface area contributed by atoms with Crippen LogP contribution in [0.4, 0.5) is 0 Å². The van der Waals surface area contributed by atoms with Crippen LogP contribution in [0, 0.1) is 13.8 Å². The molecule has 2 heterocycles. The predicted molar refractivity (Wildman–Crippen MR) is 106 cm³/mol. The molecule has 0 spiro atoms. The monoisotopic (exact) mass is 383 g/mol. The van der Waals surface area contributed by atoms with Crippen LogP contribution in [0.25, 0.3) is 10.6 Å². The number of ether oxygens (including phenoxy) is 1. The van der Waals surface area contributed by atoms with Crippen molar-refractivity contribution in [2.75, 3.05) is 13.2 Å². The van der Waals surface area contributed by atoms with Crippen LogP contribution in [0.15, 0.2) is 52.6 Å². The van der Waals surface area contributed by atoms with Crippen LogP contribution < -0.4 is 15.6 Å². The van der Waals surface area contributed by atoms with Crippen molar-refractivity contribution in [3.63, 3.8) is 0 Å². The van der Waals surface area contributed by atoms with Gasteiger partial charge in [-0.25, -0.2) is 4.68 Å². The number of carbonyl (C=O) groups is 1. The molecule has 1 amide bonds. The van der Waals surface area contributed by atoms with Gasteiger partial charge in [0.15, 0.2) is 6.61 Å². The average molecular weight is 383 g/mol. The second-order valence-corrected chi connectivity index (χ2v) is 7.11. The first-order valence-electron chi connectivity index (χ1n) is 8.62. The van der Waals surface area contributed by atoms with Crippen LogP contribution in [-0.4, -0.2) is 28.8 Å². The third-order valence-electron chi connectivity index (χ3n) is 3.99. The van der Waals surface area contributed by atoms with Crippen molar-refractivity contribution in [3.8, 4) is 16.3 Å². The van der Waals surface area contributed by atoms with Gasteiger partial charge >= 0.3 is 0 Å². The lowest BCUT2D eigenvalue weighted by atomic mass is 10.1. The molecule has 0 radical (unpaired) electrons. The summed E-state index contributed by atoms with van der Waals surface area (Å²) in [7, 11) is 0. The van der Waals surface area contributed by atoms with Gasteiger partial charge in [0.2, 0.25) is 0 Å². The smallest absolute Gasteiger partial charge is 0.266 e. The number of aromatic nitrogens is 2. The third kappa shape index (κ3) is 5.04. The molecule has 1 N–H and O–H groups in total. The van der Waals surface area contributed by atoms with E-state index < -0.39 is 0 Å². The molecule has 0 saturated heterocycles. The predicted octanol–water partition coefficient (Wildman–Crippen LogP) is 2.78. The third-order valence-corrected chi connectivity index (χ3v) is 4.88. The van der Waals surface area contributed by atoms with E-state index in [2.05, 4.69) is 10.4 Å². The van der Waals surface area contributed by atoms with Crippen molar-refractivity contribution in [2.45, 2.75) is 20.4 Å². The molecule has 0 saturated carbocycles. The molecule has 0 bridgehead atoms. The zero-order valence-corrected chi connectivity index (χ0v) is 16.1. The van der Waals surface area contributed by atoms with E-state index in [-0.39, 0.29) is 18.1 Å². The Balaban J connectivity index is 1.52. The minimum absolute atomic E-state index is 0.0676. The molecule has 6 nitrogen and oxygen atoms in total. The van der Waals surface area contributed by atoms with Crippen molar-refractivity contribution in [2.24, 2.45) is 0 Å². The van der Waals surface area contributed by atoms with Crippen LogP contribution in [0.3, 0.4) is 0 Å². The maximum absolute atomic E-state index is 12.0. The van der Waals surface area contributed by atoms with Gasteiger partial charge in [-0.3, -0.25) is 9.59 Å². The lowest BCUT2D eigenvalue weighted by molar-refractivity contribution is -0.123. The quantitative estimate of drug-likeness (QED) is 0.681. The largest absolute Gasteiger partial charge is 0.483 e. The van der Waals surface area contributed by atoms with Gasteiger partial charge in [-0.05, 0) is 48.6 Å². The van der Waals surface area contributed by atoms with Gasteiger partial charge in [0.1, 0.15) is 11.4 Å². The first kappa shape index (κ1) is 18.8. The van der Waals surface area contributed by atoms with Crippen molar-refractivity contribution in [1.82, 2.24) is 15.1 Å². The topological polar surface area (TPSA) is 73.2 Å². The average Bonchev–Trinajstić information content (AvgIpc) is 3.19. The summed E-state index contributed by atoms with van der Waals surface area (Å²) in [5.74, 6) is 0.463. The second-order valence-electron chi connectivity index (χ2n) is 6.16. The number of thiophene rings is 1. The van der Waals surface area contributed by atoms with Gasteiger partial charge in [0.05, 0.1) is 11.4 Å². The van der Waals surface area contributed by atoms with Crippen LogP contribution in [-0.2, 0) is 11.3 Å². The molecule has 27 heavy (non-hydrogen) atoms. The van der Waals surface area contributed by atoms with Crippen LogP contribution >= 0.6 is 11.3 Å². The summed E-state index contributed by atoms with van der Waals surface area (Å²) in [4.78, 5) is 25.0. The van der Waals surface area contributed by atoms with E-state index in [4.69, 9.17) is 4.74 Å². The summed E-state index contributed by atoms with van der Waals surface area (Å²) in [6.07, 6.45) is 0. The Kier molecular flexibility index (Phi) is 6.03. The maximum Gasteiger partial charge on any atom is 0.266 e. The number of hydrogen-bond acceptors (Lipinski definition) is 5. The second kappa shape index (κ2) is 8.64. The van der Waals surface area contributed by atoms with E-state index in [1.807, 2.05) is 49.6 Å². The van der Waals surface area contributed by atoms with Gasteiger partial charge in [-0.2, -0.15) is 5.10 Å². The van der Waals surface area contributed by atoms with Crippen LogP contribution in [0.5, 0.6) is 5.75 Å². The molecular formula is C20H21N3O3S. The number of aryl methyl sites for hydroxylation is 2. The Morgan fingerprint density at radius 2 is 2.07 bits per heavy atom. The molecule has 140 valence electrons. The lowest BCUT2D eigenvalue weighted by Crippen LogP contribution is -2.34. The Labute approximate surface area is 161 Å². The normalized spacial score (nSPS) is 10.6. The summed E-state index contributed by atoms with van der Waals surface area (Å²) in [6.45, 7) is 4.44. The minimum atomic E-state index is -0.238. The molecule has 3 rings (SSSR count). The number of nitrogens with one attached hydrogen (secondary N) is 1. The number of amides is 1. The molecule has 1 aromatic carbocycles. The van der Waals surface area contributed by atoms with E-state index >= 15 is 0 Å². The van der Waals surface area contributed by atoms with Crippen molar-refractivity contribution < 1.29 is 9.53 Å². The summed E-state index contributed by atoms with van der Waals surface area (Å²) in [5.41, 5.74) is 2.60. The van der Waals surface area contributed by atoms with E-state index in [1.54, 1.807) is 17.4 Å². The van der Waals surface area contributed by atoms with E-state index in [9.17, 15) is 9.59 Å². The van der Waals surface area contributed by atoms with Crippen LogP contribution in [0.1, 0.15) is 11.1 Å². The van der Waals surface area contributed by atoms with E-state index in [0.717, 1.165) is 21.7 Å².